The van der Waals surface area contributed by atoms with Crippen LogP contribution in [0.3, 0.4) is 0 Å². The Kier molecular flexibility index (Phi) is 3.48. The minimum atomic E-state index is -0.759. The monoisotopic (exact) mass is 292 g/mol. The van der Waals surface area contributed by atoms with E-state index in [1.165, 1.54) is 0 Å². The third-order valence-corrected chi connectivity index (χ3v) is 3.83. The Morgan fingerprint density at radius 3 is 2.71 bits per heavy atom. The van der Waals surface area contributed by atoms with Gasteiger partial charge in [-0.25, -0.2) is 0 Å². The number of carboxylic acid groups (broad SMARTS) is 1. The fourth-order valence-corrected chi connectivity index (χ4v) is 2.51. The molecule has 0 amide bonds. The Balaban J connectivity index is 2.42. The van der Waals surface area contributed by atoms with Crippen molar-refractivity contribution in [3.8, 4) is 0 Å². The second-order valence-electron chi connectivity index (χ2n) is 4.20. The molecule has 2 nitrogen and oxygen atoms in total. The first-order valence-electron chi connectivity index (χ1n) is 5.48. The van der Waals surface area contributed by atoms with Crippen LogP contribution >= 0.6 is 15.9 Å². The van der Waals surface area contributed by atoms with Gasteiger partial charge in [-0.3, -0.25) is 4.79 Å². The molecule has 0 aliphatic carbocycles. The minimum absolute atomic E-state index is 0.368. The van der Waals surface area contributed by atoms with E-state index in [2.05, 4.69) is 15.9 Å². The third-order valence-electron chi connectivity index (χ3n) is 2.89. The predicted octanol–water partition coefficient (Wildman–Crippen LogP) is 3.87. The van der Waals surface area contributed by atoms with E-state index in [4.69, 9.17) is 5.11 Å². The number of carbonyl (C=O) groups is 1. The third kappa shape index (κ3) is 2.50. The van der Waals surface area contributed by atoms with Gasteiger partial charge in [0.1, 0.15) is 0 Å². The molecule has 3 heteroatoms. The zero-order valence-electron chi connectivity index (χ0n) is 9.48. The van der Waals surface area contributed by atoms with Crippen molar-refractivity contribution in [2.24, 2.45) is 5.92 Å². The summed E-state index contributed by atoms with van der Waals surface area (Å²) in [4.78, 5) is 10.9. The lowest BCUT2D eigenvalue weighted by molar-refractivity contribution is -0.141. The topological polar surface area (TPSA) is 37.3 Å². The van der Waals surface area contributed by atoms with E-state index in [1.807, 2.05) is 36.4 Å². The fraction of sp³-hybridized carbons (Fsp3) is 0.214. The van der Waals surface area contributed by atoms with E-state index in [-0.39, 0.29) is 5.92 Å². The molecule has 1 N–H and O–H groups in total. The maximum absolute atomic E-state index is 10.9. The molecular formula is C14H13BrO2. The number of fused-ring (bicyclic) bond motifs is 1. The highest BCUT2D eigenvalue weighted by atomic mass is 79.9. The lowest BCUT2D eigenvalue weighted by atomic mass is 9.98. The van der Waals surface area contributed by atoms with Crippen LogP contribution in [0.4, 0.5) is 0 Å². The summed E-state index contributed by atoms with van der Waals surface area (Å²) in [6, 6.07) is 12.1. The van der Waals surface area contributed by atoms with Crippen molar-refractivity contribution in [3.05, 3.63) is 46.4 Å². The lowest BCUT2D eigenvalue weighted by Crippen LogP contribution is -2.12. The van der Waals surface area contributed by atoms with Crippen LogP contribution in [0.15, 0.2) is 40.9 Å². The van der Waals surface area contributed by atoms with Crippen LogP contribution < -0.4 is 0 Å². The van der Waals surface area contributed by atoms with Crippen molar-refractivity contribution >= 4 is 32.7 Å². The van der Waals surface area contributed by atoms with Gasteiger partial charge >= 0.3 is 5.97 Å². The highest BCUT2D eigenvalue weighted by molar-refractivity contribution is 9.10. The average molecular weight is 293 g/mol. The number of benzene rings is 2. The van der Waals surface area contributed by atoms with E-state index < -0.39 is 5.97 Å². The van der Waals surface area contributed by atoms with Crippen molar-refractivity contribution in [2.45, 2.75) is 13.3 Å². The van der Waals surface area contributed by atoms with Gasteiger partial charge in [-0.05, 0) is 38.7 Å². The van der Waals surface area contributed by atoms with Gasteiger partial charge in [0.2, 0.25) is 0 Å². The van der Waals surface area contributed by atoms with Gasteiger partial charge in [0.15, 0.2) is 0 Å². The molecule has 0 fully saturated rings. The molecule has 88 valence electrons. The van der Waals surface area contributed by atoms with Crippen molar-refractivity contribution in [2.75, 3.05) is 0 Å². The summed E-state index contributed by atoms with van der Waals surface area (Å²) in [5, 5.41) is 11.2. The number of hydrogen-bond donors (Lipinski definition) is 1. The molecule has 0 aliphatic heterocycles. The second kappa shape index (κ2) is 4.88. The van der Waals surface area contributed by atoms with Crippen LogP contribution in [-0.2, 0) is 11.2 Å². The summed E-state index contributed by atoms with van der Waals surface area (Å²) in [6.45, 7) is 1.73. The van der Waals surface area contributed by atoms with Gasteiger partial charge in [0.05, 0.1) is 5.92 Å². The molecule has 0 saturated heterocycles. The molecule has 0 spiro atoms. The Labute approximate surface area is 108 Å². The van der Waals surface area contributed by atoms with E-state index in [9.17, 15) is 4.79 Å². The average Bonchev–Trinajstić information content (AvgIpc) is 2.33. The largest absolute Gasteiger partial charge is 0.481 e. The van der Waals surface area contributed by atoms with Gasteiger partial charge in [-0.1, -0.05) is 43.3 Å². The fourth-order valence-electron chi connectivity index (χ4n) is 1.85. The van der Waals surface area contributed by atoms with Crippen LogP contribution in [0.2, 0.25) is 0 Å². The van der Waals surface area contributed by atoms with Crippen molar-refractivity contribution in [3.63, 3.8) is 0 Å². The van der Waals surface area contributed by atoms with Crippen LogP contribution in [-0.4, -0.2) is 11.1 Å². The summed E-state index contributed by atoms with van der Waals surface area (Å²) in [6.07, 6.45) is 0.542. The summed E-state index contributed by atoms with van der Waals surface area (Å²) in [5.74, 6) is -1.13. The van der Waals surface area contributed by atoms with Gasteiger partial charge in [-0.2, -0.15) is 0 Å². The number of rotatable bonds is 3. The van der Waals surface area contributed by atoms with E-state index in [0.717, 1.165) is 20.8 Å². The highest BCUT2D eigenvalue weighted by Crippen LogP contribution is 2.29. The van der Waals surface area contributed by atoms with Crippen LogP contribution in [0, 0.1) is 5.92 Å². The number of halogens is 1. The molecule has 1 atom stereocenters. The Bertz CT molecular complexity index is 563. The molecule has 0 saturated carbocycles. The summed E-state index contributed by atoms with van der Waals surface area (Å²) in [5.41, 5.74) is 1.04. The first-order valence-corrected chi connectivity index (χ1v) is 6.28. The lowest BCUT2D eigenvalue weighted by Gasteiger charge is -2.10. The summed E-state index contributed by atoms with van der Waals surface area (Å²) in [7, 11) is 0. The molecule has 2 aromatic rings. The first-order chi connectivity index (χ1) is 8.09. The van der Waals surface area contributed by atoms with E-state index in [0.29, 0.717) is 6.42 Å². The molecule has 17 heavy (non-hydrogen) atoms. The maximum atomic E-state index is 10.9. The van der Waals surface area contributed by atoms with E-state index >= 15 is 0 Å². The molecule has 0 radical (unpaired) electrons. The van der Waals surface area contributed by atoms with Crippen molar-refractivity contribution in [1.29, 1.82) is 0 Å². The van der Waals surface area contributed by atoms with Gasteiger partial charge in [-0.15, -0.1) is 0 Å². The van der Waals surface area contributed by atoms with Crippen molar-refractivity contribution in [1.82, 2.24) is 0 Å². The zero-order valence-corrected chi connectivity index (χ0v) is 11.1. The highest BCUT2D eigenvalue weighted by Gasteiger charge is 2.14. The number of aliphatic carboxylic acids is 1. The molecule has 2 aromatic carbocycles. The Morgan fingerprint density at radius 1 is 1.29 bits per heavy atom. The molecule has 0 aromatic heterocycles. The van der Waals surface area contributed by atoms with Gasteiger partial charge < -0.3 is 5.11 Å². The Morgan fingerprint density at radius 2 is 2.00 bits per heavy atom. The number of hydrogen-bond acceptors (Lipinski definition) is 1. The molecule has 2 rings (SSSR count). The standard InChI is InChI=1S/C14H13BrO2/c1-9(14(16)17)8-11-7-6-10-4-2-3-5-12(10)13(11)15/h2-7,9H,8H2,1H3,(H,16,17)/t9-/m0/s1. The normalized spacial score (nSPS) is 12.6. The number of carboxylic acids is 1. The first kappa shape index (κ1) is 12.1. The minimum Gasteiger partial charge on any atom is -0.481 e. The maximum Gasteiger partial charge on any atom is 0.306 e. The molecular weight excluding hydrogens is 280 g/mol. The van der Waals surface area contributed by atoms with Gasteiger partial charge in [0, 0.05) is 4.47 Å². The molecule has 0 bridgehead atoms. The second-order valence-corrected chi connectivity index (χ2v) is 5.00. The van der Waals surface area contributed by atoms with E-state index in [1.54, 1.807) is 6.92 Å². The smallest absolute Gasteiger partial charge is 0.306 e. The zero-order chi connectivity index (χ0) is 12.4. The molecule has 0 unspecified atom stereocenters. The quantitative estimate of drug-likeness (QED) is 0.932. The molecule has 0 heterocycles. The summed E-state index contributed by atoms with van der Waals surface area (Å²) >= 11 is 3.57. The van der Waals surface area contributed by atoms with Crippen LogP contribution in [0.25, 0.3) is 10.8 Å². The van der Waals surface area contributed by atoms with Gasteiger partial charge in [0.25, 0.3) is 0 Å². The van der Waals surface area contributed by atoms with Crippen LogP contribution in [0.1, 0.15) is 12.5 Å². The summed E-state index contributed by atoms with van der Waals surface area (Å²) < 4.78 is 1.00. The predicted molar refractivity (Wildman–Crippen MR) is 72.2 cm³/mol. The van der Waals surface area contributed by atoms with Crippen molar-refractivity contribution < 1.29 is 9.90 Å². The van der Waals surface area contributed by atoms with Crippen LogP contribution in [0.5, 0.6) is 0 Å². The SMILES string of the molecule is C[C@@H](Cc1ccc2ccccc2c1Br)C(=O)O. The Hall–Kier alpha value is -1.35. The molecule has 0 aliphatic rings.